The van der Waals surface area contributed by atoms with Crippen LogP contribution < -0.4 is 0 Å². The van der Waals surface area contributed by atoms with Gasteiger partial charge in [0.05, 0.1) is 0 Å². The predicted molar refractivity (Wildman–Crippen MR) is 39.5 cm³/mol. The average molecular weight is 250 g/mol. The second-order valence-corrected chi connectivity index (χ2v) is 0. The number of hydrogen-bond acceptors (Lipinski definition) is 8. The topological polar surface area (TPSA) is 183 Å². The Bertz CT molecular complexity index is 115. The largest absolute Gasteiger partial charge is 2.00 e. The number of rotatable bonds is 0. The summed E-state index contributed by atoms with van der Waals surface area (Å²) in [6.45, 7) is 28.5. The van der Waals surface area contributed by atoms with Crippen molar-refractivity contribution in [2.24, 2.45) is 0 Å². The minimum Gasteiger partial charge on any atom is -0.512 e. The summed E-state index contributed by atoms with van der Waals surface area (Å²) in [5.41, 5.74) is 0. The Balaban J connectivity index is -0.00000000288. The first kappa shape index (κ1) is 83.6. The molecule has 0 radical (unpaired) electrons. The molecule has 0 bridgehead atoms. The fourth-order valence-electron chi connectivity index (χ4n) is 0. The molecule has 0 aromatic heterocycles. The van der Waals surface area contributed by atoms with Gasteiger partial charge in [-0.05, 0) is 0 Å². The van der Waals surface area contributed by atoms with Gasteiger partial charge in [0.1, 0.15) is 0 Å². The maximum atomic E-state index is 6.25. The predicted octanol–water partition coefficient (Wildman–Crippen LogP) is 1.04. The quantitative estimate of drug-likeness (QED) is 0.276. The summed E-state index contributed by atoms with van der Waals surface area (Å²) in [4.78, 5) is 0. The van der Waals surface area contributed by atoms with Crippen LogP contribution in [0.25, 0.3) is 0 Å². The molecule has 0 aliphatic carbocycles. The standard InChI is InChI=1S/6CN.Fe.H2O2/c6*1-2;;1-2/h;;;;;;;1-2H/q6*-1;+2;/p+4. The van der Waals surface area contributed by atoms with Crippen molar-refractivity contribution in [1.82, 2.24) is 0 Å². The van der Waals surface area contributed by atoms with Gasteiger partial charge >= 0.3 is 22.8 Å². The van der Waals surface area contributed by atoms with Crippen LogP contribution in [0, 0.1) is 71.0 Å². The molecule has 0 fully saturated rings. The van der Waals surface area contributed by atoms with Gasteiger partial charge in [-0.3, -0.25) is 10.5 Å². The van der Waals surface area contributed by atoms with Crippen LogP contribution in [0.4, 0.5) is 0 Å². The zero-order chi connectivity index (χ0) is 14.0. The molecule has 0 rings (SSSR count). The van der Waals surface area contributed by atoms with Crippen molar-refractivity contribution in [3.05, 3.63) is 39.4 Å². The molecule has 0 aromatic rings. The van der Waals surface area contributed by atoms with Crippen LogP contribution in [0.3, 0.4) is 0 Å². The molecular weight excluding hydrogens is 244 g/mol. The van der Waals surface area contributed by atoms with Crippen LogP contribution in [0.2, 0.25) is 0 Å². The van der Waals surface area contributed by atoms with Crippen molar-refractivity contribution < 1.29 is 33.3 Å². The van der Waals surface area contributed by atoms with Crippen LogP contribution in [0.1, 0.15) is 5.71 Å². The second-order valence-electron chi connectivity index (χ2n) is 0. The van der Waals surface area contributed by atoms with Crippen LogP contribution in [0.15, 0.2) is 0 Å². The summed E-state index contributed by atoms with van der Waals surface area (Å²) >= 11 is 0. The summed E-state index contributed by atoms with van der Waals surface area (Å²) in [7, 11) is 0. The van der Waals surface area contributed by atoms with E-state index in [0.29, 0.717) is 0 Å². The van der Waals surface area contributed by atoms with Gasteiger partial charge in [-0.25, -0.2) is 0 Å². The Kier molecular flexibility index (Phi) is 995. The molecule has 0 unspecified atom stereocenters. The van der Waals surface area contributed by atoms with E-state index in [1.54, 1.807) is 0 Å². The van der Waals surface area contributed by atoms with Crippen LogP contribution in [-0.2, 0) is 17.1 Å². The molecule has 9 heteroatoms. The molecule has 80 valence electrons. The van der Waals surface area contributed by atoms with Crippen molar-refractivity contribution in [3.63, 3.8) is 0 Å². The second kappa shape index (κ2) is 179. The van der Waals surface area contributed by atoms with E-state index in [9.17, 15) is 0 Å². The van der Waals surface area contributed by atoms with E-state index in [1.807, 2.05) is 0 Å². The minimum atomic E-state index is 0. The smallest absolute Gasteiger partial charge is 0.512 e. The first-order valence-electron chi connectivity index (χ1n) is 1.54. The van der Waals surface area contributed by atoms with Crippen LogP contribution in [-0.4, -0.2) is 10.5 Å². The molecule has 2 N–H and O–H groups in total. The first-order chi connectivity index (χ1) is 7.00. The molecule has 0 amide bonds. The van der Waals surface area contributed by atoms with Crippen LogP contribution >= 0.6 is 0 Å². The summed E-state index contributed by atoms with van der Waals surface area (Å²) < 4.78 is 0. The molecule has 0 heterocycles. The summed E-state index contributed by atoms with van der Waals surface area (Å²) in [5.74, 6) is 0. The van der Waals surface area contributed by atoms with E-state index in [4.69, 9.17) is 81.5 Å². The van der Waals surface area contributed by atoms with Gasteiger partial charge in [-0.15, -0.1) is 0 Å². The fourth-order valence-corrected chi connectivity index (χ4v) is 0. The number of nitrogens with zero attached hydrogens (tertiary/aromatic N) is 6. The first-order valence-corrected chi connectivity index (χ1v) is 1.54. The van der Waals surface area contributed by atoms with Gasteiger partial charge in [0.2, 0.25) is 0 Å². The van der Waals surface area contributed by atoms with E-state index < -0.39 is 0 Å². The van der Waals surface area contributed by atoms with Gasteiger partial charge in [0.15, 0.2) is 0 Å². The van der Waals surface area contributed by atoms with Crippen molar-refractivity contribution >= 4 is 0 Å². The van der Waals surface area contributed by atoms with E-state index in [-0.39, 0.29) is 22.8 Å². The van der Waals surface area contributed by atoms with Crippen molar-refractivity contribution in [1.29, 1.82) is 31.6 Å². The Morgan fingerprint density at radius 2 is 0.467 bits per heavy atom. The molecule has 0 aliphatic rings. The monoisotopic (exact) mass is 250 g/mol. The number of hydrogen-bond donors (Lipinski definition) is 2. The molecule has 0 spiro atoms. The summed E-state index contributed by atoms with van der Waals surface area (Å²) in [6, 6.07) is 0. The molecule has 15 heavy (non-hydrogen) atoms. The van der Waals surface area contributed by atoms with Gasteiger partial charge in [-0.2, -0.15) is 0 Å². The van der Waals surface area contributed by atoms with Crippen LogP contribution in [0.5, 0.6) is 0 Å². The fraction of sp³-hybridized carbons (Fsp3) is 0. The Morgan fingerprint density at radius 3 is 0.467 bits per heavy atom. The van der Waals surface area contributed by atoms with E-state index in [2.05, 4.69) is 0 Å². The molecule has 0 saturated heterocycles. The molecule has 0 aliphatic heterocycles. The average Bonchev–Trinajstić information content (AvgIpc) is 2.45. The summed E-state index contributed by atoms with van der Waals surface area (Å²) in [6.07, 6.45) is 0. The van der Waals surface area contributed by atoms with Gasteiger partial charge < -0.3 is 71.0 Å². The zero-order valence-electron chi connectivity index (χ0n) is 10.9. The SMILES string of the molecule is OO.[C-]#N.[C-]#N.[C-]#N.[C-]#N.[C-]#N.[C-]#N.[Fe+2].[H+].[H+].[H+].[H+]. The molecule has 0 saturated carbocycles. The van der Waals surface area contributed by atoms with Gasteiger partial charge in [0, 0.05) is 0 Å². The normalized spacial score (nSPS) is 1.20. The molecule has 0 aromatic carbocycles. The Morgan fingerprint density at radius 1 is 0.467 bits per heavy atom. The van der Waals surface area contributed by atoms with Crippen molar-refractivity contribution in [3.8, 4) is 0 Å². The molecular formula is C6H6FeN6O2. The maximum absolute atomic E-state index is 6.25. The van der Waals surface area contributed by atoms with E-state index in [1.165, 1.54) is 0 Å². The zero-order valence-corrected chi connectivity index (χ0v) is 8.04. The van der Waals surface area contributed by atoms with E-state index >= 15 is 0 Å². The third kappa shape index (κ3) is 146. The third-order valence-electron chi connectivity index (χ3n) is 0. The Labute approximate surface area is 105 Å². The minimum absolute atomic E-state index is 0. The summed E-state index contributed by atoms with van der Waals surface area (Å²) in [5, 5.41) is 49.5. The van der Waals surface area contributed by atoms with E-state index in [0.717, 1.165) is 0 Å². The maximum Gasteiger partial charge on any atom is 2.00 e. The molecule has 8 nitrogen and oxygen atoms in total. The molecule has 0 atom stereocenters. The van der Waals surface area contributed by atoms with Gasteiger partial charge in [-0.1, -0.05) is 0 Å². The third-order valence-corrected chi connectivity index (χ3v) is 0. The van der Waals surface area contributed by atoms with Gasteiger partial charge in [0.25, 0.3) is 0 Å². The van der Waals surface area contributed by atoms with Crippen molar-refractivity contribution in [2.45, 2.75) is 0 Å². The Hall–Kier alpha value is -2.62. The van der Waals surface area contributed by atoms with Crippen molar-refractivity contribution in [2.75, 3.05) is 0 Å².